The van der Waals surface area contributed by atoms with E-state index in [9.17, 15) is 18.8 Å². The first-order valence-corrected chi connectivity index (χ1v) is 12.6. The number of thiazole rings is 1. The van der Waals surface area contributed by atoms with Crippen LogP contribution in [0.1, 0.15) is 27.2 Å². The first-order valence-electron chi connectivity index (χ1n) is 10.6. The van der Waals surface area contributed by atoms with E-state index in [-0.39, 0.29) is 42.7 Å². The maximum absolute atomic E-state index is 13.7. The molecule has 0 radical (unpaired) electrons. The highest BCUT2D eigenvalue weighted by Crippen LogP contribution is 2.35. The van der Waals surface area contributed by atoms with Crippen molar-refractivity contribution in [3.63, 3.8) is 0 Å². The van der Waals surface area contributed by atoms with Gasteiger partial charge in [0.05, 0.1) is 10.5 Å². The molecule has 1 saturated heterocycles. The van der Waals surface area contributed by atoms with Crippen LogP contribution >= 0.6 is 35.3 Å². The quantitative estimate of drug-likeness (QED) is 0.284. The second-order valence-electron chi connectivity index (χ2n) is 7.59. The van der Waals surface area contributed by atoms with E-state index in [2.05, 4.69) is 10.3 Å². The van der Waals surface area contributed by atoms with E-state index in [1.807, 2.05) is 0 Å². The predicted octanol–water partition coefficient (Wildman–Crippen LogP) is 4.34. The standard InChI is InChI=1S/C24H19FN4O4S3/c25-15-4-1-14(11-26)18(9-15)21-27-12-17(35-21)10-19-22(31)29(24(34)36-19)8-7-20(30)28-16-5-2-13(3-6-16)23(32)33/h1-6,9-10,12H,7-8,11,26H2,(H,28,30)(H,32,33)/b19-10-. The zero-order chi connectivity index (χ0) is 25.8. The van der Waals surface area contributed by atoms with Crippen LogP contribution in [0.4, 0.5) is 10.1 Å². The average molecular weight is 543 g/mol. The highest BCUT2D eigenvalue weighted by molar-refractivity contribution is 8.26. The van der Waals surface area contributed by atoms with E-state index in [1.165, 1.54) is 52.6 Å². The third-order valence-electron chi connectivity index (χ3n) is 5.17. The van der Waals surface area contributed by atoms with Gasteiger partial charge < -0.3 is 16.2 Å². The molecule has 1 aromatic heterocycles. The summed E-state index contributed by atoms with van der Waals surface area (Å²) >= 11 is 7.76. The van der Waals surface area contributed by atoms with Crippen molar-refractivity contribution in [2.45, 2.75) is 13.0 Å². The molecule has 0 atom stereocenters. The Morgan fingerprint density at radius 2 is 1.97 bits per heavy atom. The number of nitrogens with two attached hydrogens (primary N) is 1. The SMILES string of the molecule is NCc1ccc(F)cc1-c1ncc(/C=C2\SC(=S)N(CCC(=O)Nc3ccc(C(=O)O)cc3)C2=O)s1. The van der Waals surface area contributed by atoms with Crippen LogP contribution in [0.15, 0.2) is 53.6 Å². The second-order valence-corrected chi connectivity index (χ2v) is 10.3. The minimum absolute atomic E-state index is 0.00649. The summed E-state index contributed by atoms with van der Waals surface area (Å²) in [6, 6.07) is 10.1. The zero-order valence-electron chi connectivity index (χ0n) is 18.6. The van der Waals surface area contributed by atoms with Crippen LogP contribution < -0.4 is 11.1 Å². The van der Waals surface area contributed by atoms with Crippen LogP contribution in [0.2, 0.25) is 0 Å². The number of carbonyl (C=O) groups excluding carboxylic acids is 2. The summed E-state index contributed by atoms with van der Waals surface area (Å²) in [4.78, 5) is 42.9. The van der Waals surface area contributed by atoms with E-state index >= 15 is 0 Å². The van der Waals surface area contributed by atoms with Gasteiger partial charge in [0.2, 0.25) is 5.91 Å². The predicted molar refractivity (Wildman–Crippen MR) is 142 cm³/mol. The molecule has 0 spiro atoms. The van der Waals surface area contributed by atoms with Gasteiger partial charge in [0.15, 0.2) is 0 Å². The molecular weight excluding hydrogens is 523 g/mol. The van der Waals surface area contributed by atoms with Crippen LogP contribution in [0.5, 0.6) is 0 Å². The number of rotatable bonds is 8. The molecule has 1 fully saturated rings. The van der Waals surface area contributed by atoms with E-state index in [0.29, 0.717) is 30.4 Å². The number of amides is 2. The van der Waals surface area contributed by atoms with E-state index in [0.717, 1.165) is 17.3 Å². The molecule has 12 heteroatoms. The lowest BCUT2D eigenvalue weighted by atomic mass is 10.1. The fraction of sp³-hybridized carbons (Fsp3) is 0.125. The third-order valence-corrected chi connectivity index (χ3v) is 7.53. The third kappa shape index (κ3) is 5.85. The minimum Gasteiger partial charge on any atom is -0.478 e. The molecule has 4 N–H and O–H groups in total. The number of carboxylic acids is 1. The zero-order valence-corrected chi connectivity index (χ0v) is 21.0. The fourth-order valence-electron chi connectivity index (χ4n) is 3.36. The first kappa shape index (κ1) is 25.6. The first-order chi connectivity index (χ1) is 17.2. The molecule has 0 unspecified atom stereocenters. The number of thioether (sulfide) groups is 1. The highest BCUT2D eigenvalue weighted by atomic mass is 32.2. The van der Waals surface area contributed by atoms with E-state index < -0.39 is 5.97 Å². The number of aromatic carboxylic acids is 1. The van der Waals surface area contributed by atoms with Crippen LogP contribution in [0, 0.1) is 5.82 Å². The number of carboxylic acid groups (broad SMARTS) is 1. The number of halogens is 1. The van der Waals surface area contributed by atoms with E-state index in [4.69, 9.17) is 23.1 Å². The Kier molecular flexibility index (Phi) is 7.89. The van der Waals surface area contributed by atoms with Gasteiger partial charge in [0.25, 0.3) is 5.91 Å². The van der Waals surface area contributed by atoms with Gasteiger partial charge in [-0.2, -0.15) is 0 Å². The summed E-state index contributed by atoms with van der Waals surface area (Å²) in [6.45, 7) is 0.336. The van der Waals surface area contributed by atoms with Crippen molar-refractivity contribution in [1.82, 2.24) is 9.88 Å². The molecule has 36 heavy (non-hydrogen) atoms. The lowest BCUT2D eigenvalue weighted by molar-refractivity contribution is -0.122. The van der Waals surface area contributed by atoms with Crippen molar-refractivity contribution < 1.29 is 23.9 Å². The number of anilines is 1. The molecule has 2 aromatic carbocycles. The summed E-state index contributed by atoms with van der Waals surface area (Å²) in [5.41, 5.74) is 7.70. The lowest BCUT2D eigenvalue weighted by Gasteiger charge is -2.14. The molecule has 1 aliphatic rings. The van der Waals surface area contributed by atoms with Gasteiger partial charge in [-0.3, -0.25) is 14.5 Å². The van der Waals surface area contributed by atoms with Crippen molar-refractivity contribution in [2.24, 2.45) is 5.73 Å². The van der Waals surface area contributed by atoms with Gasteiger partial charge in [-0.1, -0.05) is 30.0 Å². The van der Waals surface area contributed by atoms with Crippen LogP contribution in [0.3, 0.4) is 0 Å². The largest absolute Gasteiger partial charge is 0.478 e. The number of hydrogen-bond acceptors (Lipinski definition) is 8. The monoisotopic (exact) mass is 542 g/mol. The normalized spacial score (nSPS) is 14.5. The summed E-state index contributed by atoms with van der Waals surface area (Å²) < 4.78 is 14.1. The molecule has 0 aliphatic carbocycles. The fourth-order valence-corrected chi connectivity index (χ4v) is 5.64. The molecule has 3 aromatic rings. The number of benzene rings is 2. The smallest absolute Gasteiger partial charge is 0.335 e. The number of nitrogens with zero attached hydrogens (tertiary/aromatic N) is 2. The maximum Gasteiger partial charge on any atom is 0.335 e. The molecule has 0 saturated carbocycles. The Balaban J connectivity index is 1.39. The molecule has 2 amide bonds. The van der Waals surface area contributed by atoms with Crippen molar-refractivity contribution >= 4 is 69.2 Å². The second kappa shape index (κ2) is 11.1. The van der Waals surface area contributed by atoms with Gasteiger partial charge in [-0.25, -0.2) is 14.2 Å². The van der Waals surface area contributed by atoms with Gasteiger partial charge in [-0.15, -0.1) is 11.3 Å². The summed E-state index contributed by atoms with van der Waals surface area (Å²) in [7, 11) is 0. The number of thiocarbonyl (C=S) groups is 1. The Bertz CT molecular complexity index is 1390. The number of nitrogens with one attached hydrogen (secondary N) is 1. The number of aromatic nitrogens is 1. The number of hydrogen-bond donors (Lipinski definition) is 3. The van der Waals surface area contributed by atoms with Crippen molar-refractivity contribution in [3.8, 4) is 10.6 Å². The van der Waals surface area contributed by atoms with Crippen molar-refractivity contribution in [3.05, 3.63) is 75.4 Å². The lowest BCUT2D eigenvalue weighted by Crippen LogP contribution is -2.31. The minimum atomic E-state index is -1.06. The van der Waals surface area contributed by atoms with Crippen molar-refractivity contribution in [2.75, 3.05) is 11.9 Å². The Labute approximate surface area is 219 Å². The van der Waals surface area contributed by atoms with Crippen LogP contribution in [-0.2, 0) is 16.1 Å². The number of carbonyl (C=O) groups is 3. The molecule has 184 valence electrons. The van der Waals surface area contributed by atoms with Gasteiger partial charge in [0.1, 0.15) is 15.1 Å². The van der Waals surface area contributed by atoms with Gasteiger partial charge in [-0.05, 0) is 48.0 Å². The average Bonchev–Trinajstić information content (AvgIpc) is 3.42. The highest BCUT2D eigenvalue weighted by Gasteiger charge is 2.32. The van der Waals surface area contributed by atoms with E-state index in [1.54, 1.807) is 18.3 Å². The molecule has 4 rings (SSSR count). The molecule has 2 heterocycles. The molecule has 0 bridgehead atoms. The van der Waals surface area contributed by atoms with Crippen LogP contribution in [0.25, 0.3) is 16.6 Å². The van der Waals surface area contributed by atoms with Gasteiger partial charge in [0, 0.05) is 41.8 Å². The van der Waals surface area contributed by atoms with Gasteiger partial charge >= 0.3 is 5.97 Å². The summed E-state index contributed by atoms with van der Waals surface area (Å²) in [5.74, 6) is -2.10. The molecular formula is C24H19FN4O4S3. The van der Waals surface area contributed by atoms with Crippen LogP contribution in [-0.4, -0.2) is 43.6 Å². The maximum atomic E-state index is 13.7. The molecule has 1 aliphatic heterocycles. The Hall–Kier alpha value is -3.45. The topological polar surface area (TPSA) is 126 Å². The Morgan fingerprint density at radius 1 is 1.22 bits per heavy atom. The van der Waals surface area contributed by atoms with Crippen molar-refractivity contribution in [1.29, 1.82) is 0 Å². The summed E-state index contributed by atoms with van der Waals surface area (Å²) in [6.07, 6.45) is 3.28. The summed E-state index contributed by atoms with van der Waals surface area (Å²) in [5, 5.41) is 12.2. The molecule has 8 nitrogen and oxygen atoms in total. The Morgan fingerprint density at radius 3 is 2.67 bits per heavy atom.